The summed E-state index contributed by atoms with van der Waals surface area (Å²) in [6, 6.07) is 14.2. The summed E-state index contributed by atoms with van der Waals surface area (Å²) < 4.78 is 40.0. The molecule has 1 aromatic heterocycles. The van der Waals surface area contributed by atoms with Gasteiger partial charge in [0.25, 0.3) is 0 Å². The van der Waals surface area contributed by atoms with Crippen molar-refractivity contribution in [2.24, 2.45) is 5.92 Å². The molecule has 10 heteroatoms. The summed E-state index contributed by atoms with van der Waals surface area (Å²) in [7, 11) is -0.788. The fourth-order valence-corrected chi connectivity index (χ4v) is 4.45. The molecule has 176 valence electrons. The molecule has 2 aromatic carbocycles. The average molecular weight is 473 g/mol. The van der Waals surface area contributed by atoms with Crippen molar-refractivity contribution in [1.29, 1.82) is 0 Å². The van der Waals surface area contributed by atoms with Gasteiger partial charge in [-0.1, -0.05) is 13.8 Å². The SMILES string of the molecule is COc1ccc(-n2ccc(CNC(=O)[C@@H](NS(=O)(=O)c3ccc(OC)cc3)C(C)C)n2)cc1. The van der Waals surface area contributed by atoms with Crippen molar-refractivity contribution in [3.63, 3.8) is 0 Å². The van der Waals surface area contributed by atoms with Crippen molar-refractivity contribution in [3.8, 4) is 17.2 Å². The molecule has 0 saturated carbocycles. The summed E-state index contributed by atoms with van der Waals surface area (Å²) in [5, 5.41) is 7.24. The van der Waals surface area contributed by atoms with Crippen LogP contribution in [0.2, 0.25) is 0 Å². The number of nitrogens with zero attached hydrogens (tertiary/aromatic N) is 2. The van der Waals surface area contributed by atoms with E-state index >= 15 is 0 Å². The van der Waals surface area contributed by atoms with Crippen LogP contribution in [0.25, 0.3) is 5.69 Å². The van der Waals surface area contributed by atoms with E-state index in [-0.39, 0.29) is 17.4 Å². The van der Waals surface area contributed by atoms with Gasteiger partial charge >= 0.3 is 0 Å². The number of carbonyl (C=O) groups is 1. The second-order valence-electron chi connectivity index (χ2n) is 7.69. The van der Waals surface area contributed by atoms with Crippen LogP contribution in [-0.4, -0.2) is 44.4 Å². The third kappa shape index (κ3) is 6.11. The number of amides is 1. The van der Waals surface area contributed by atoms with Gasteiger partial charge in [0.05, 0.1) is 37.0 Å². The summed E-state index contributed by atoms with van der Waals surface area (Å²) in [5.41, 5.74) is 1.49. The number of sulfonamides is 1. The van der Waals surface area contributed by atoms with Crippen LogP contribution < -0.4 is 19.5 Å². The molecule has 2 N–H and O–H groups in total. The largest absolute Gasteiger partial charge is 0.497 e. The van der Waals surface area contributed by atoms with Crippen molar-refractivity contribution in [2.75, 3.05) is 14.2 Å². The molecule has 1 amide bonds. The Morgan fingerprint density at radius 1 is 0.970 bits per heavy atom. The van der Waals surface area contributed by atoms with Crippen LogP contribution in [0, 0.1) is 5.92 Å². The van der Waals surface area contributed by atoms with Crippen molar-refractivity contribution in [1.82, 2.24) is 19.8 Å². The Balaban J connectivity index is 1.65. The van der Waals surface area contributed by atoms with Gasteiger partial charge in [-0.15, -0.1) is 0 Å². The average Bonchev–Trinajstić information content (AvgIpc) is 3.30. The number of benzene rings is 2. The highest BCUT2D eigenvalue weighted by atomic mass is 32.2. The first kappa shape index (κ1) is 24.3. The summed E-state index contributed by atoms with van der Waals surface area (Å²) in [6.45, 7) is 3.72. The second kappa shape index (κ2) is 10.5. The molecule has 0 radical (unpaired) electrons. The van der Waals surface area contributed by atoms with Gasteiger partial charge in [-0.3, -0.25) is 4.79 Å². The lowest BCUT2D eigenvalue weighted by molar-refractivity contribution is -0.123. The van der Waals surface area contributed by atoms with Crippen molar-refractivity contribution in [3.05, 3.63) is 66.5 Å². The van der Waals surface area contributed by atoms with E-state index in [1.807, 2.05) is 24.3 Å². The first-order chi connectivity index (χ1) is 15.7. The van der Waals surface area contributed by atoms with Crippen LogP contribution in [0.3, 0.4) is 0 Å². The highest BCUT2D eigenvalue weighted by Crippen LogP contribution is 2.17. The molecule has 0 saturated heterocycles. The molecule has 3 aromatic rings. The molecule has 33 heavy (non-hydrogen) atoms. The predicted octanol–water partition coefficient (Wildman–Crippen LogP) is 2.51. The van der Waals surface area contributed by atoms with Gasteiger partial charge in [0.2, 0.25) is 15.9 Å². The molecule has 0 unspecified atom stereocenters. The van der Waals surface area contributed by atoms with Crippen LogP contribution >= 0.6 is 0 Å². The monoisotopic (exact) mass is 472 g/mol. The molecule has 0 aliphatic rings. The number of methoxy groups -OCH3 is 2. The molecule has 3 rings (SSSR count). The Bertz CT molecular complexity index is 1170. The Morgan fingerprint density at radius 3 is 2.09 bits per heavy atom. The van der Waals surface area contributed by atoms with Gasteiger partial charge in [0, 0.05) is 6.20 Å². The number of carbonyl (C=O) groups excluding carboxylic acids is 1. The minimum Gasteiger partial charge on any atom is -0.497 e. The molecular formula is C23H28N4O5S. The summed E-state index contributed by atoms with van der Waals surface area (Å²) >= 11 is 0. The molecule has 0 fully saturated rings. The van der Waals surface area contributed by atoms with Gasteiger partial charge in [-0.05, 0) is 60.5 Å². The molecule has 9 nitrogen and oxygen atoms in total. The summed E-state index contributed by atoms with van der Waals surface area (Å²) in [6.07, 6.45) is 1.79. The molecule has 1 heterocycles. The topological polar surface area (TPSA) is 112 Å². The lowest BCUT2D eigenvalue weighted by Crippen LogP contribution is -2.49. The van der Waals surface area contributed by atoms with E-state index in [9.17, 15) is 13.2 Å². The van der Waals surface area contributed by atoms with E-state index < -0.39 is 22.0 Å². The van der Waals surface area contributed by atoms with Crippen LogP contribution in [-0.2, 0) is 21.4 Å². The smallest absolute Gasteiger partial charge is 0.241 e. The van der Waals surface area contributed by atoms with E-state index in [0.717, 1.165) is 11.4 Å². The highest BCUT2D eigenvalue weighted by Gasteiger charge is 2.28. The third-order valence-electron chi connectivity index (χ3n) is 5.03. The van der Waals surface area contributed by atoms with Gasteiger partial charge in [0.15, 0.2) is 0 Å². The summed E-state index contributed by atoms with van der Waals surface area (Å²) in [4.78, 5) is 12.9. The molecule has 0 aliphatic carbocycles. The maximum Gasteiger partial charge on any atom is 0.241 e. The highest BCUT2D eigenvalue weighted by molar-refractivity contribution is 7.89. The first-order valence-electron chi connectivity index (χ1n) is 10.4. The second-order valence-corrected chi connectivity index (χ2v) is 9.40. The van der Waals surface area contributed by atoms with Crippen molar-refractivity contribution in [2.45, 2.75) is 31.3 Å². The number of aromatic nitrogens is 2. The van der Waals surface area contributed by atoms with E-state index in [0.29, 0.717) is 11.4 Å². The zero-order chi connectivity index (χ0) is 24.0. The van der Waals surface area contributed by atoms with Gasteiger partial charge in [-0.25, -0.2) is 13.1 Å². The predicted molar refractivity (Wildman–Crippen MR) is 124 cm³/mol. The van der Waals surface area contributed by atoms with Crippen LogP contribution in [0.1, 0.15) is 19.5 Å². The maximum atomic E-state index is 12.8. The Morgan fingerprint density at radius 2 is 1.55 bits per heavy atom. The van der Waals surface area contributed by atoms with E-state index in [1.165, 1.54) is 19.2 Å². The van der Waals surface area contributed by atoms with E-state index in [1.54, 1.807) is 50.0 Å². The number of hydrogen-bond donors (Lipinski definition) is 2. The van der Waals surface area contributed by atoms with Crippen molar-refractivity contribution < 1.29 is 22.7 Å². The number of rotatable bonds is 10. The molecule has 0 aliphatic heterocycles. The Kier molecular flexibility index (Phi) is 7.72. The minimum atomic E-state index is -3.89. The van der Waals surface area contributed by atoms with Crippen molar-refractivity contribution >= 4 is 15.9 Å². The molecule has 0 bridgehead atoms. The number of ether oxygens (including phenoxy) is 2. The lowest BCUT2D eigenvalue weighted by atomic mass is 10.1. The number of hydrogen-bond acceptors (Lipinski definition) is 6. The van der Waals surface area contributed by atoms with Gasteiger partial charge in [-0.2, -0.15) is 9.82 Å². The van der Waals surface area contributed by atoms with E-state index in [4.69, 9.17) is 9.47 Å². The minimum absolute atomic E-state index is 0.0555. The van der Waals surface area contributed by atoms with Gasteiger partial charge in [0.1, 0.15) is 17.5 Å². The fourth-order valence-electron chi connectivity index (χ4n) is 3.10. The van der Waals surface area contributed by atoms with Crippen LogP contribution in [0.15, 0.2) is 65.7 Å². The van der Waals surface area contributed by atoms with Gasteiger partial charge < -0.3 is 14.8 Å². The quantitative estimate of drug-likeness (QED) is 0.469. The molecule has 1 atom stereocenters. The normalized spacial score (nSPS) is 12.4. The fraction of sp³-hybridized carbons (Fsp3) is 0.304. The standard InChI is InChI=1S/C23H28N4O5S/c1-16(2)22(26-33(29,30)21-11-9-20(32-4)10-12-21)23(28)24-15-17-13-14-27(25-17)18-5-7-19(31-3)8-6-18/h5-14,16,22,26H,15H2,1-4H3,(H,24,28)/t22-/m0/s1. The Hall–Kier alpha value is -3.37. The van der Waals surface area contributed by atoms with E-state index in [2.05, 4.69) is 15.1 Å². The zero-order valence-corrected chi connectivity index (χ0v) is 19.8. The number of nitrogens with one attached hydrogen (secondary N) is 2. The Labute approximate surface area is 193 Å². The van der Waals surface area contributed by atoms with Crippen LogP contribution in [0.5, 0.6) is 11.5 Å². The lowest BCUT2D eigenvalue weighted by Gasteiger charge is -2.21. The molecular weight excluding hydrogens is 444 g/mol. The first-order valence-corrected chi connectivity index (χ1v) is 11.8. The summed E-state index contributed by atoms with van der Waals surface area (Å²) in [5.74, 6) is 0.590. The molecule has 0 spiro atoms. The van der Waals surface area contributed by atoms with Crippen LogP contribution in [0.4, 0.5) is 0 Å². The zero-order valence-electron chi connectivity index (χ0n) is 19.0. The third-order valence-corrected chi connectivity index (χ3v) is 6.48. The maximum absolute atomic E-state index is 12.8.